The molecular weight excluding hydrogens is 326 g/mol. The van der Waals surface area contributed by atoms with Crippen LogP contribution in [-0.4, -0.2) is 6.54 Å². The monoisotopic (exact) mass is 347 g/mol. The van der Waals surface area contributed by atoms with E-state index in [1.54, 1.807) is 0 Å². The molecule has 0 aliphatic rings. The fourth-order valence-corrected chi connectivity index (χ4v) is 2.49. The summed E-state index contributed by atoms with van der Waals surface area (Å²) < 4.78 is 6.95. The van der Waals surface area contributed by atoms with Crippen LogP contribution in [0.2, 0.25) is 0 Å². The van der Waals surface area contributed by atoms with Gasteiger partial charge in [0.2, 0.25) is 0 Å². The van der Waals surface area contributed by atoms with Gasteiger partial charge in [0.1, 0.15) is 12.4 Å². The van der Waals surface area contributed by atoms with E-state index in [1.165, 1.54) is 5.56 Å². The van der Waals surface area contributed by atoms with Crippen LogP contribution in [0.15, 0.2) is 53.0 Å². The van der Waals surface area contributed by atoms with Gasteiger partial charge in [-0.25, -0.2) is 0 Å². The van der Waals surface area contributed by atoms with Gasteiger partial charge in [0.25, 0.3) is 0 Å². The summed E-state index contributed by atoms with van der Waals surface area (Å²) >= 11 is 3.48. The molecule has 21 heavy (non-hydrogen) atoms. The van der Waals surface area contributed by atoms with Crippen LogP contribution in [-0.2, 0) is 13.2 Å². The SMILES string of the molecule is CC(C)CNCc1cccc(OCc2cccc(Br)c2)c1. The van der Waals surface area contributed by atoms with E-state index in [1.807, 2.05) is 24.3 Å². The summed E-state index contributed by atoms with van der Waals surface area (Å²) in [5, 5.41) is 3.45. The van der Waals surface area contributed by atoms with Crippen molar-refractivity contribution in [3.63, 3.8) is 0 Å². The Morgan fingerprint density at radius 1 is 1.05 bits per heavy atom. The Balaban J connectivity index is 1.88. The van der Waals surface area contributed by atoms with Gasteiger partial charge in [0.15, 0.2) is 0 Å². The van der Waals surface area contributed by atoms with E-state index in [9.17, 15) is 0 Å². The molecule has 3 heteroatoms. The van der Waals surface area contributed by atoms with E-state index in [2.05, 4.69) is 59.4 Å². The summed E-state index contributed by atoms with van der Waals surface area (Å²) in [4.78, 5) is 0. The molecule has 2 aromatic rings. The minimum Gasteiger partial charge on any atom is -0.489 e. The lowest BCUT2D eigenvalue weighted by molar-refractivity contribution is 0.306. The van der Waals surface area contributed by atoms with Crippen LogP contribution < -0.4 is 10.1 Å². The van der Waals surface area contributed by atoms with Gasteiger partial charge in [-0.3, -0.25) is 0 Å². The van der Waals surface area contributed by atoms with Gasteiger partial charge in [0.05, 0.1) is 0 Å². The van der Waals surface area contributed by atoms with Crippen LogP contribution in [0.5, 0.6) is 5.75 Å². The number of rotatable bonds is 7. The molecule has 0 aliphatic carbocycles. The van der Waals surface area contributed by atoms with Crippen LogP contribution in [0.4, 0.5) is 0 Å². The predicted molar refractivity (Wildman–Crippen MR) is 91.5 cm³/mol. The van der Waals surface area contributed by atoms with E-state index in [0.29, 0.717) is 12.5 Å². The van der Waals surface area contributed by atoms with E-state index in [0.717, 1.165) is 28.9 Å². The first kappa shape index (κ1) is 16.1. The van der Waals surface area contributed by atoms with Crippen molar-refractivity contribution in [2.45, 2.75) is 27.0 Å². The smallest absolute Gasteiger partial charge is 0.120 e. The molecule has 112 valence electrons. The zero-order chi connectivity index (χ0) is 15.1. The number of nitrogens with one attached hydrogen (secondary N) is 1. The fraction of sp³-hybridized carbons (Fsp3) is 0.333. The summed E-state index contributed by atoms with van der Waals surface area (Å²) in [6.45, 7) is 6.92. The first-order valence-electron chi connectivity index (χ1n) is 7.30. The Morgan fingerprint density at radius 3 is 2.57 bits per heavy atom. The van der Waals surface area contributed by atoms with E-state index in [4.69, 9.17) is 4.74 Å². The van der Waals surface area contributed by atoms with Crippen LogP contribution in [0, 0.1) is 5.92 Å². The van der Waals surface area contributed by atoms with Crippen molar-refractivity contribution < 1.29 is 4.74 Å². The molecule has 0 atom stereocenters. The van der Waals surface area contributed by atoms with Crippen molar-refractivity contribution in [1.82, 2.24) is 5.32 Å². The molecule has 0 bridgehead atoms. The highest BCUT2D eigenvalue weighted by atomic mass is 79.9. The summed E-state index contributed by atoms with van der Waals surface area (Å²) in [6, 6.07) is 16.5. The van der Waals surface area contributed by atoms with Crippen LogP contribution in [0.1, 0.15) is 25.0 Å². The lowest BCUT2D eigenvalue weighted by Crippen LogP contribution is -2.18. The van der Waals surface area contributed by atoms with Crippen molar-refractivity contribution in [2.24, 2.45) is 5.92 Å². The first-order valence-corrected chi connectivity index (χ1v) is 8.09. The molecule has 0 amide bonds. The maximum absolute atomic E-state index is 5.87. The van der Waals surface area contributed by atoms with Crippen molar-refractivity contribution >= 4 is 15.9 Å². The molecule has 1 N–H and O–H groups in total. The minimum absolute atomic E-state index is 0.586. The molecular formula is C18H22BrNO. The zero-order valence-corrected chi connectivity index (χ0v) is 14.2. The first-order chi connectivity index (χ1) is 10.1. The largest absolute Gasteiger partial charge is 0.489 e. The van der Waals surface area contributed by atoms with Crippen LogP contribution in [0.3, 0.4) is 0 Å². The zero-order valence-electron chi connectivity index (χ0n) is 12.6. The maximum Gasteiger partial charge on any atom is 0.120 e. The quantitative estimate of drug-likeness (QED) is 0.778. The second-order valence-electron chi connectivity index (χ2n) is 5.59. The van der Waals surface area contributed by atoms with Gasteiger partial charge in [0, 0.05) is 11.0 Å². The molecule has 0 spiro atoms. The second kappa shape index (κ2) is 8.20. The molecule has 2 rings (SSSR count). The standard InChI is InChI=1S/C18H22BrNO/c1-14(2)11-20-12-15-5-4-8-18(10-15)21-13-16-6-3-7-17(19)9-16/h3-10,14,20H,11-13H2,1-2H3. The predicted octanol–water partition coefficient (Wildman–Crippen LogP) is 4.77. The highest BCUT2D eigenvalue weighted by molar-refractivity contribution is 9.10. The summed E-state index contributed by atoms with van der Waals surface area (Å²) in [7, 11) is 0. The molecule has 0 aliphatic heterocycles. The molecule has 0 unspecified atom stereocenters. The average molecular weight is 348 g/mol. The van der Waals surface area contributed by atoms with E-state index < -0.39 is 0 Å². The van der Waals surface area contributed by atoms with Crippen molar-refractivity contribution in [1.29, 1.82) is 0 Å². The Hall–Kier alpha value is -1.32. The van der Waals surface area contributed by atoms with E-state index in [-0.39, 0.29) is 0 Å². The third kappa shape index (κ3) is 5.90. The Kier molecular flexibility index (Phi) is 6.27. The van der Waals surface area contributed by atoms with Crippen LogP contribution in [0.25, 0.3) is 0 Å². The molecule has 0 saturated carbocycles. The number of halogens is 1. The van der Waals surface area contributed by atoms with Crippen molar-refractivity contribution in [3.05, 3.63) is 64.1 Å². The number of hydrogen-bond donors (Lipinski definition) is 1. The van der Waals surface area contributed by atoms with Gasteiger partial charge >= 0.3 is 0 Å². The number of hydrogen-bond acceptors (Lipinski definition) is 2. The third-order valence-electron chi connectivity index (χ3n) is 3.07. The van der Waals surface area contributed by atoms with Gasteiger partial charge in [-0.2, -0.15) is 0 Å². The molecule has 0 radical (unpaired) electrons. The van der Waals surface area contributed by atoms with Crippen molar-refractivity contribution in [2.75, 3.05) is 6.54 Å². The average Bonchev–Trinajstić information content (AvgIpc) is 2.45. The molecule has 0 saturated heterocycles. The van der Waals surface area contributed by atoms with Gasteiger partial charge in [-0.05, 0) is 47.9 Å². The Labute approximate surface area is 135 Å². The van der Waals surface area contributed by atoms with E-state index >= 15 is 0 Å². The topological polar surface area (TPSA) is 21.3 Å². The van der Waals surface area contributed by atoms with Gasteiger partial charge < -0.3 is 10.1 Å². The minimum atomic E-state index is 0.586. The van der Waals surface area contributed by atoms with Crippen molar-refractivity contribution in [3.8, 4) is 5.75 Å². The maximum atomic E-state index is 5.87. The lowest BCUT2D eigenvalue weighted by Gasteiger charge is -2.10. The Bertz CT molecular complexity index is 569. The molecule has 2 aromatic carbocycles. The van der Waals surface area contributed by atoms with Gasteiger partial charge in [-0.1, -0.05) is 54.0 Å². The normalized spacial score (nSPS) is 10.9. The third-order valence-corrected chi connectivity index (χ3v) is 3.57. The summed E-state index contributed by atoms with van der Waals surface area (Å²) in [5.41, 5.74) is 2.41. The number of ether oxygens (including phenoxy) is 1. The fourth-order valence-electron chi connectivity index (χ4n) is 2.04. The molecule has 0 aromatic heterocycles. The molecule has 0 fully saturated rings. The summed E-state index contributed by atoms with van der Waals surface area (Å²) in [5.74, 6) is 1.58. The van der Waals surface area contributed by atoms with Crippen LogP contribution >= 0.6 is 15.9 Å². The molecule has 0 heterocycles. The highest BCUT2D eigenvalue weighted by Crippen LogP contribution is 2.17. The lowest BCUT2D eigenvalue weighted by atomic mass is 10.2. The summed E-state index contributed by atoms with van der Waals surface area (Å²) in [6.07, 6.45) is 0. The highest BCUT2D eigenvalue weighted by Gasteiger charge is 2.00. The van der Waals surface area contributed by atoms with Gasteiger partial charge in [-0.15, -0.1) is 0 Å². The second-order valence-corrected chi connectivity index (χ2v) is 6.51. The number of benzene rings is 2. The Morgan fingerprint density at radius 2 is 1.81 bits per heavy atom. The molecule has 2 nitrogen and oxygen atoms in total.